The first kappa shape index (κ1) is 17.7. The summed E-state index contributed by atoms with van der Waals surface area (Å²) in [6.45, 7) is 0.499. The van der Waals surface area contributed by atoms with Gasteiger partial charge in [0, 0.05) is 17.1 Å². The quantitative estimate of drug-likeness (QED) is 0.414. The molecule has 1 aliphatic carbocycles. The second kappa shape index (κ2) is 8.81. The first-order valence-electron chi connectivity index (χ1n) is 6.65. The van der Waals surface area contributed by atoms with Gasteiger partial charge in [0.1, 0.15) is 5.82 Å². The fraction of sp³-hybridized carbons (Fsp3) is 0.500. The molecule has 0 amide bonds. The lowest BCUT2D eigenvalue weighted by Gasteiger charge is -2.12. The molecule has 3 N–H and O–H groups in total. The van der Waals surface area contributed by atoms with Crippen LogP contribution in [-0.2, 0) is 6.42 Å². The number of hydrogen-bond donors (Lipinski definition) is 2. The molecule has 2 rings (SSSR count). The van der Waals surface area contributed by atoms with Crippen LogP contribution in [0.15, 0.2) is 27.7 Å². The van der Waals surface area contributed by atoms with Gasteiger partial charge in [0.25, 0.3) is 0 Å². The van der Waals surface area contributed by atoms with Gasteiger partial charge in [0.05, 0.1) is 0 Å². The van der Waals surface area contributed by atoms with E-state index in [2.05, 4.69) is 26.2 Å². The van der Waals surface area contributed by atoms with E-state index in [1.807, 2.05) is 0 Å². The Kier molecular flexibility index (Phi) is 7.79. The van der Waals surface area contributed by atoms with Gasteiger partial charge < -0.3 is 11.1 Å². The van der Waals surface area contributed by atoms with Gasteiger partial charge in [-0.1, -0.05) is 28.8 Å². The number of nitrogens with one attached hydrogen (secondary N) is 1. The van der Waals surface area contributed by atoms with Crippen LogP contribution in [0.1, 0.15) is 31.2 Å². The maximum atomic E-state index is 13.5. The van der Waals surface area contributed by atoms with Gasteiger partial charge in [-0.2, -0.15) is 0 Å². The van der Waals surface area contributed by atoms with E-state index in [0.717, 1.165) is 17.3 Å². The third-order valence-electron chi connectivity index (χ3n) is 3.38. The van der Waals surface area contributed by atoms with Gasteiger partial charge in [-0.3, -0.25) is 4.99 Å². The fourth-order valence-electron chi connectivity index (χ4n) is 2.36. The molecule has 0 aromatic heterocycles. The minimum atomic E-state index is -0.194. The Labute approximate surface area is 144 Å². The molecule has 3 nitrogen and oxygen atoms in total. The Bertz CT molecular complexity index is 462. The summed E-state index contributed by atoms with van der Waals surface area (Å²) in [5.41, 5.74) is 6.48. The van der Waals surface area contributed by atoms with Crippen LogP contribution in [-0.4, -0.2) is 18.5 Å². The molecular weight excluding hydrogens is 436 g/mol. The summed E-state index contributed by atoms with van der Waals surface area (Å²) in [6, 6.07) is 5.40. The lowest BCUT2D eigenvalue weighted by atomic mass is 10.1. The lowest BCUT2D eigenvalue weighted by Crippen LogP contribution is -2.38. The third kappa shape index (κ3) is 5.55. The van der Waals surface area contributed by atoms with Crippen LogP contribution in [0.3, 0.4) is 0 Å². The summed E-state index contributed by atoms with van der Waals surface area (Å²) in [6.07, 6.45) is 5.40. The van der Waals surface area contributed by atoms with E-state index < -0.39 is 0 Å². The van der Waals surface area contributed by atoms with Gasteiger partial charge in [-0.15, -0.1) is 24.0 Å². The Morgan fingerprint density at radius 3 is 2.80 bits per heavy atom. The van der Waals surface area contributed by atoms with Crippen LogP contribution in [0, 0.1) is 5.82 Å². The van der Waals surface area contributed by atoms with Crippen molar-refractivity contribution in [1.82, 2.24) is 5.32 Å². The van der Waals surface area contributed by atoms with Gasteiger partial charge in [-0.05, 0) is 43.0 Å². The number of aliphatic imine (C=N–C) groups is 1. The fourth-order valence-corrected chi connectivity index (χ4v) is 2.77. The summed E-state index contributed by atoms with van der Waals surface area (Å²) >= 11 is 3.34. The molecule has 6 heteroatoms. The largest absolute Gasteiger partial charge is 0.370 e. The van der Waals surface area contributed by atoms with Crippen LogP contribution < -0.4 is 11.1 Å². The number of hydrogen-bond acceptors (Lipinski definition) is 1. The molecule has 0 unspecified atom stereocenters. The second-order valence-electron chi connectivity index (χ2n) is 4.88. The highest BCUT2D eigenvalue weighted by atomic mass is 127. The van der Waals surface area contributed by atoms with Gasteiger partial charge in [-0.25, -0.2) is 4.39 Å². The number of rotatable bonds is 4. The van der Waals surface area contributed by atoms with Gasteiger partial charge >= 0.3 is 0 Å². The molecule has 20 heavy (non-hydrogen) atoms. The standard InChI is InChI=1S/C14H19BrFN3.HI/c15-11-5-6-13(16)10(9-11)7-8-18-14(17)19-12-3-1-2-4-12;/h5-6,9,12H,1-4,7-8H2,(H3,17,18,19);1H. The second-order valence-corrected chi connectivity index (χ2v) is 5.79. The molecule has 1 aromatic rings. The van der Waals surface area contributed by atoms with Crippen molar-refractivity contribution in [1.29, 1.82) is 0 Å². The number of benzene rings is 1. The molecule has 0 bridgehead atoms. The maximum absolute atomic E-state index is 13.5. The van der Waals surface area contributed by atoms with E-state index in [9.17, 15) is 4.39 Å². The van der Waals surface area contributed by atoms with Crippen molar-refractivity contribution in [2.24, 2.45) is 10.7 Å². The Hall–Kier alpha value is -0.370. The topological polar surface area (TPSA) is 50.4 Å². The van der Waals surface area contributed by atoms with E-state index >= 15 is 0 Å². The van der Waals surface area contributed by atoms with Crippen LogP contribution >= 0.6 is 39.9 Å². The van der Waals surface area contributed by atoms with Crippen LogP contribution in [0.2, 0.25) is 0 Å². The molecular formula is C14H20BrFIN3. The molecule has 0 aliphatic heterocycles. The van der Waals surface area contributed by atoms with Crippen molar-refractivity contribution in [3.05, 3.63) is 34.1 Å². The highest BCUT2D eigenvalue weighted by Crippen LogP contribution is 2.17. The smallest absolute Gasteiger partial charge is 0.188 e. The van der Waals surface area contributed by atoms with Crippen molar-refractivity contribution in [3.8, 4) is 0 Å². The number of nitrogens with two attached hydrogens (primary N) is 1. The molecule has 0 saturated heterocycles. The zero-order valence-corrected chi connectivity index (χ0v) is 15.2. The van der Waals surface area contributed by atoms with Crippen molar-refractivity contribution in [2.75, 3.05) is 6.54 Å². The average Bonchev–Trinajstić information content (AvgIpc) is 2.86. The van der Waals surface area contributed by atoms with E-state index in [4.69, 9.17) is 5.73 Å². The molecule has 0 heterocycles. The molecule has 1 aromatic carbocycles. The molecule has 112 valence electrons. The molecule has 0 radical (unpaired) electrons. The molecule has 0 spiro atoms. The highest BCUT2D eigenvalue weighted by Gasteiger charge is 2.14. The Morgan fingerprint density at radius 1 is 1.40 bits per heavy atom. The van der Waals surface area contributed by atoms with E-state index in [1.165, 1.54) is 18.9 Å². The first-order valence-corrected chi connectivity index (χ1v) is 7.45. The predicted molar refractivity (Wildman–Crippen MR) is 95.1 cm³/mol. The van der Waals surface area contributed by atoms with E-state index in [0.29, 0.717) is 30.5 Å². The molecule has 1 aliphatic rings. The summed E-state index contributed by atoms with van der Waals surface area (Å²) < 4.78 is 14.4. The van der Waals surface area contributed by atoms with Crippen LogP contribution in [0.5, 0.6) is 0 Å². The van der Waals surface area contributed by atoms with Gasteiger partial charge in [0.2, 0.25) is 0 Å². The van der Waals surface area contributed by atoms with Crippen molar-refractivity contribution in [2.45, 2.75) is 38.1 Å². The number of halogens is 3. The molecule has 1 saturated carbocycles. The summed E-state index contributed by atoms with van der Waals surface area (Å²) in [5, 5.41) is 3.22. The average molecular weight is 456 g/mol. The summed E-state index contributed by atoms with van der Waals surface area (Å²) in [5.74, 6) is 0.281. The van der Waals surface area contributed by atoms with Crippen molar-refractivity contribution < 1.29 is 4.39 Å². The third-order valence-corrected chi connectivity index (χ3v) is 3.87. The monoisotopic (exact) mass is 455 g/mol. The number of guanidine groups is 1. The SMILES string of the molecule is I.NC(=NCCc1cc(Br)ccc1F)NC1CCCC1. The van der Waals surface area contributed by atoms with Gasteiger partial charge in [0.15, 0.2) is 5.96 Å². The maximum Gasteiger partial charge on any atom is 0.188 e. The van der Waals surface area contributed by atoms with E-state index in [1.54, 1.807) is 12.1 Å². The minimum absolute atomic E-state index is 0. The Morgan fingerprint density at radius 2 is 2.10 bits per heavy atom. The van der Waals surface area contributed by atoms with Crippen molar-refractivity contribution >= 4 is 45.9 Å². The van der Waals surface area contributed by atoms with E-state index in [-0.39, 0.29) is 29.8 Å². The number of nitrogens with zero attached hydrogens (tertiary/aromatic N) is 1. The minimum Gasteiger partial charge on any atom is -0.370 e. The zero-order valence-electron chi connectivity index (χ0n) is 11.2. The predicted octanol–water partition coefficient (Wildman–Crippen LogP) is 3.60. The molecule has 1 fully saturated rings. The highest BCUT2D eigenvalue weighted by molar-refractivity contribution is 14.0. The van der Waals surface area contributed by atoms with Crippen LogP contribution in [0.4, 0.5) is 4.39 Å². The normalized spacial score (nSPS) is 16.0. The summed E-state index contributed by atoms with van der Waals surface area (Å²) in [7, 11) is 0. The molecule has 0 atom stereocenters. The first-order chi connectivity index (χ1) is 9.15. The lowest BCUT2D eigenvalue weighted by molar-refractivity contribution is 0.607. The van der Waals surface area contributed by atoms with Crippen molar-refractivity contribution in [3.63, 3.8) is 0 Å². The Balaban J connectivity index is 0.00000200. The summed E-state index contributed by atoms with van der Waals surface area (Å²) in [4.78, 5) is 4.26. The van der Waals surface area contributed by atoms with Crippen LogP contribution in [0.25, 0.3) is 0 Å². The zero-order chi connectivity index (χ0) is 13.7.